The van der Waals surface area contributed by atoms with Gasteiger partial charge in [-0.25, -0.2) is 13.4 Å². The SMILES string of the molecule is CC1Cc2ccccc2N1C(=O)c1sc(-c2ccc(S(C)(=O)=O)c([N+](=O)[O-])c2)nc1C(F)(F)F. The van der Waals surface area contributed by atoms with E-state index < -0.39 is 48.0 Å². The normalized spacial score (nSPS) is 15.9. The number of thiazole rings is 1. The van der Waals surface area contributed by atoms with Gasteiger partial charge in [-0.05, 0) is 31.0 Å². The van der Waals surface area contributed by atoms with Crippen molar-refractivity contribution in [3.63, 3.8) is 0 Å². The number of nitro benzene ring substituents is 1. The van der Waals surface area contributed by atoms with Gasteiger partial charge in [0, 0.05) is 29.6 Å². The topological polar surface area (TPSA) is 110 Å². The molecule has 1 aromatic heterocycles. The number of sulfone groups is 1. The first-order valence-corrected chi connectivity index (χ1v) is 12.5. The Kier molecular flexibility index (Phi) is 5.72. The summed E-state index contributed by atoms with van der Waals surface area (Å²) in [5.41, 5.74) is -0.962. The molecular weight excluding hydrogens is 495 g/mol. The maximum atomic E-state index is 13.8. The molecule has 178 valence electrons. The summed E-state index contributed by atoms with van der Waals surface area (Å²) in [4.78, 5) is 27.4. The summed E-state index contributed by atoms with van der Waals surface area (Å²) < 4.78 is 65.2. The van der Waals surface area contributed by atoms with Crippen molar-refractivity contribution in [3.8, 4) is 10.6 Å². The number of alkyl halides is 3. The lowest BCUT2D eigenvalue weighted by Crippen LogP contribution is -2.36. The molecule has 1 aliphatic rings. The van der Waals surface area contributed by atoms with Gasteiger partial charge in [-0.15, -0.1) is 11.3 Å². The number of benzene rings is 2. The van der Waals surface area contributed by atoms with Crippen LogP contribution in [0.15, 0.2) is 47.4 Å². The number of rotatable bonds is 4. The van der Waals surface area contributed by atoms with Crippen LogP contribution in [0.25, 0.3) is 10.6 Å². The van der Waals surface area contributed by atoms with E-state index in [1.165, 1.54) is 4.90 Å². The van der Waals surface area contributed by atoms with Crippen molar-refractivity contribution in [2.24, 2.45) is 0 Å². The standard InChI is InChI=1S/C21H16F3N3O5S2/c1-11-9-12-5-3-4-6-14(12)26(11)20(28)17-18(21(22,23)24)25-19(33-17)13-7-8-16(34(2,31)32)15(10-13)27(29)30/h3-8,10-11H,9H2,1-2H3. The average molecular weight is 512 g/mol. The van der Waals surface area contributed by atoms with E-state index in [1.54, 1.807) is 31.2 Å². The van der Waals surface area contributed by atoms with Crippen molar-refractivity contribution in [3.05, 3.63) is 68.7 Å². The van der Waals surface area contributed by atoms with Gasteiger partial charge in [0.15, 0.2) is 15.5 Å². The predicted octanol–water partition coefficient (Wildman–Crippen LogP) is 4.73. The van der Waals surface area contributed by atoms with Gasteiger partial charge in [-0.2, -0.15) is 13.2 Å². The van der Waals surface area contributed by atoms with Crippen LogP contribution in [0.3, 0.4) is 0 Å². The molecule has 0 N–H and O–H groups in total. The van der Waals surface area contributed by atoms with Gasteiger partial charge >= 0.3 is 6.18 Å². The fourth-order valence-corrected chi connectivity index (χ4v) is 5.72. The minimum Gasteiger partial charge on any atom is -0.304 e. The number of anilines is 1. The molecule has 3 aromatic rings. The molecule has 1 amide bonds. The molecule has 1 unspecified atom stereocenters. The van der Waals surface area contributed by atoms with Gasteiger partial charge in [0.05, 0.1) is 4.92 Å². The molecule has 0 bridgehead atoms. The van der Waals surface area contributed by atoms with Crippen LogP contribution in [0.5, 0.6) is 0 Å². The summed E-state index contributed by atoms with van der Waals surface area (Å²) in [6, 6.07) is 9.44. The van der Waals surface area contributed by atoms with Crippen LogP contribution in [0.4, 0.5) is 24.5 Å². The van der Waals surface area contributed by atoms with Crippen LogP contribution in [0.2, 0.25) is 0 Å². The van der Waals surface area contributed by atoms with E-state index in [1.807, 2.05) is 0 Å². The summed E-state index contributed by atoms with van der Waals surface area (Å²) in [6.07, 6.45) is -3.69. The van der Waals surface area contributed by atoms with Crippen LogP contribution in [-0.4, -0.2) is 36.5 Å². The summed E-state index contributed by atoms with van der Waals surface area (Å²) in [7, 11) is -3.96. The number of hydrogen-bond acceptors (Lipinski definition) is 7. The molecule has 1 aliphatic heterocycles. The maximum Gasteiger partial charge on any atom is 0.435 e. The van der Waals surface area contributed by atoms with Crippen molar-refractivity contribution in [1.82, 2.24) is 4.98 Å². The molecule has 13 heteroatoms. The zero-order valence-electron chi connectivity index (χ0n) is 17.7. The molecule has 8 nitrogen and oxygen atoms in total. The first-order chi connectivity index (χ1) is 15.8. The second kappa shape index (κ2) is 8.17. The van der Waals surface area contributed by atoms with Crippen LogP contribution >= 0.6 is 11.3 Å². The lowest BCUT2D eigenvalue weighted by Gasteiger charge is -2.22. The van der Waals surface area contributed by atoms with Crippen LogP contribution in [-0.2, 0) is 22.4 Å². The van der Waals surface area contributed by atoms with Crippen LogP contribution < -0.4 is 4.90 Å². The number of hydrogen-bond donors (Lipinski definition) is 0. The summed E-state index contributed by atoms with van der Waals surface area (Å²) in [5.74, 6) is -0.879. The first kappa shape index (κ1) is 23.8. The third kappa shape index (κ3) is 4.16. The Labute approximate surface area is 195 Å². The van der Waals surface area contributed by atoms with E-state index >= 15 is 0 Å². The van der Waals surface area contributed by atoms with E-state index in [2.05, 4.69) is 4.98 Å². The Balaban J connectivity index is 1.85. The van der Waals surface area contributed by atoms with Gasteiger partial charge in [0.25, 0.3) is 11.6 Å². The Bertz CT molecular complexity index is 1430. The van der Waals surface area contributed by atoms with Gasteiger partial charge in [0.1, 0.15) is 14.8 Å². The molecule has 0 spiro atoms. The number of amides is 1. The fraction of sp³-hybridized carbons (Fsp3) is 0.238. The predicted molar refractivity (Wildman–Crippen MR) is 119 cm³/mol. The third-order valence-corrected chi connectivity index (χ3v) is 7.55. The highest BCUT2D eigenvalue weighted by molar-refractivity contribution is 7.90. The van der Waals surface area contributed by atoms with Gasteiger partial charge in [-0.3, -0.25) is 14.9 Å². The summed E-state index contributed by atoms with van der Waals surface area (Å²) in [5, 5.41) is 11.1. The smallest absolute Gasteiger partial charge is 0.304 e. The Morgan fingerprint density at radius 1 is 1.24 bits per heavy atom. The highest BCUT2D eigenvalue weighted by Gasteiger charge is 2.43. The number of fused-ring (bicyclic) bond motifs is 1. The molecule has 0 aliphatic carbocycles. The Morgan fingerprint density at radius 2 is 1.91 bits per heavy atom. The van der Waals surface area contributed by atoms with Crippen LogP contribution in [0, 0.1) is 10.1 Å². The van der Waals surface area contributed by atoms with Crippen molar-refractivity contribution >= 4 is 38.5 Å². The van der Waals surface area contributed by atoms with Gasteiger partial charge in [-0.1, -0.05) is 24.3 Å². The number of carbonyl (C=O) groups is 1. The Hall–Kier alpha value is -3.32. The van der Waals surface area contributed by atoms with E-state index in [0.717, 1.165) is 30.0 Å². The van der Waals surface area contributed by atoms with E-state index in [4.69, 9.17) is 0 Å². The highest BCUT2D eigenvalue weighted by Crippen LogP contribution is 2.42. The van der Waals surface area contributed by atoms with E-state index in [-0.39, 0.29) is 16.6 Å². The molecule has 0 saturated carbocycles. The second-order valence-corrected chi connectivity index (χ2v) is 10.7. The molecule has 0 fully saturated rings. The fourth-order valence-electron chi connectivity index (χ4n) is 3.87. The lowest BCUT2D eigenvalue weighted by atomic mass is 10.1. The number of nitro groups is 1. The molecule has 0 radical (unpaired) electrons. The van der Waals surface area contributed by atoms with E-state index in [0.29, 0.717) is 23.4 Å². The number of nitrogens with zero attached hydrogens (tertiary/aromatic N) is 3. The molecule has 2 aromatic carbocycles. The highest BCUT2D eigenvalue weighted by atomic mass is 32.2. The Morgan fingerprint density at radius 3 is 2.53 bits per heavy atom. The number of carbonyl (C=O) groups excluding carboxylic acids is 1. The molecule has 34 heavy (non-hydrogen) atoms. The van der Waals surface area contributed by atoms with Crippen molar-refractivity contribution in [2.45, 2.75) is 30.5 Å². The second-order valence-electron chi connectivity index (χ2n) is 7.76. The number of halogens is 3. The minimum absolute atomic E-state index is 0.108. The van der Waals surface area contributed by atoms with E-state index in [9.17, 15) is 36.5 Å². The zero-order chi connectivity index (χ0) is 25.0. The van der Waals surface area contributed by atoms with Crippen molar-refractivity contribution in [1.29, 1.82) is 0 Å². The summed E-state index contributed by atoms with van der Waals surface area (Å²) in [6.45, 7) is 1.72. The molecular formula is C21H16F3N3O5S2. The monoisotopic (exact) mass is 511 g/mol. The minimum atomic E-state index is -4.96. The van der Waals surface area contributed by atoms with Gasteiger partial charge in [0.2, 0.25) is 0 Å². The molecule has 1 atom stereocenters. The molecule has 0 saturated heterocycles. The van der Waals surface area contributed by atoms with Crippen molar-refractivity contribution < 1.29 is 31.3 Å². The largest absolute Gasteiger partial charge is 0.435 e. The quantitative estimate of drug-likeness (QED) is 0.370. The lowest BCUT2D eigenvalue weighted by molar-refractivity contribution is -0.387. The molecule has 2 heterocycles. The third-order valence-electron chi connectivity index (χ3n) is 5.32. The summed E-state index contributed by atoms with van der Waals surface area (Å²) >= 11 is 0.451. The van der Waals surface area contributed by atoms with Crippen molar-refractivity contribution in [2.75, 3.05) is 11.2 Å². The van der Waals surface area contributed by atoms with Crippen LogP contribution in [0.1, 0.15) is 27.9 Å². The number of aromatic nitrogens is 1. The first-order valence-electron chi connectivity index (χ1n) is 9.77. The van der Waals surface area contributed by atoms with Gasteiger partial charge < -0.3 is 4.90 Å². The maximum absolute atomic E-state index is 13.8. The number of para-hydroxylation sites is 1. The molecule has 4 rings (SSSR count). The zero-order valence-corrected chi connectivity index (χ0v) is 19.3. The average Bonchev–Trinajstić information content (AvgIpc) is 3.33.